The fourth-order valence-corrected chi connectivity index (χ4v) is 3.05. The van der Waals surface area contributed by atoms with Gasteiger partial charge in [0.25, 0.3) is 5.91 Å². The summed E-state index contributed by atoms with van der Waals surface area (Å²) in [5.41, 5.74) is 0.574. The van der Waals surface area contributed by atoms with Gasteiger partial charge in [0.05, 0.1) is 18.4 Å². The van der Waals surface area contributed by atoms with Crippen molar-refractivity contribution in [2.75, 3.05) is 18.6 Å². The van der Waals surface area contributed by atoms with E-state index in [0.29, 0.717) is 17.7 Å². The normalized spacial score (nSPS) is 16.4. The highest BCUT2D eigenvalue weighted by Crippen LogP contribution is 2.34. The van der Waals surface area contributed by atoms with Crippen molar-refractivity contribution >= 4 is 17.4 Å². The summed E-state index contributed by atoms with van der Waals surface area (Å²) < 4.78 is 40.8. The van der Waals surface area contributed by atoms with Gasteiger partial charge >= 0.3 is 6.61 Å². The van der Waals surface area contributed by atoms with Crippen molar-refractivity contribution in [3.05, 3.63) is 48.0 Å². The van der Waals surface area contributed by atoms with E-state index in [2.05, 4.69) is 4.74 Å². The molecule has 0 saturated carbocycles. The predicted molar refractivity (Wildman–Crippen MR) is 97.5 cm³/mol. The highest BCUT2D eigenvalue weighted by Gasteiger charge is 2.36. The van der Waals surface area contributed by atoms with E-state index in [1.54, 1.807) is 30.3 Å². The van der Waals surface area contributed by atoms with Gasteiger partial charge in [-0.05, 0) is 31.2 Å². The number of ether oxygens (including phenoxy) is 3. The summed E-state index contributed by atoms with van der Waals surface area (Å²) in [6.45, 7) is -1.33. The average Bonchev–Trinajstić information content (AvgIpc) is 3.01. The average molecular weight is 391 g/mol. The molecule has 1 heterocycles. The number of Topliss-reactive ketones (excluding diaryl/α,β-unsaturated/α-hetero) is 1. The van der Waals surface area contributed by atoms with Gasteiger partial charge in [0.2, 0.25) is 0 Å². The van der Waals surface area contributed by atoms with E-state index < -0.39 is 18.6 Å². The molecule has 6 nitrogen and oxygen atoms in total. The van der Waals surface area contributed by atoms with Gasteiger partial charge in [0, 0.05) is 19.0 Å². The molecule has 2 aromatic rings. The minimum Gasteiger partial charge on any atom is -0.497 e. The molecule has 1 unspecified atom stereocenters. The number of methoxy groups -OCH3 is 1. The van der Waals surface area contributed by atoms with Gasteiger partial charge in [-0.3, -0.25) is 9.59 Å². The number of nitrogens with zero attached hydrogens (tertiary/aromatic N) is 1. The van der Waals surface area contributed by atoms with Crippen LogP contribution in [0.5, 0.6) is 17.2 Å². The maximum atomic E-state index is 12.8. The second-order valence-corrected chi connectivity index (χ2v) is 6.15. The fraction of sp³-hybridized carbons (Fsp3) is 0.300. The number of carbonyl (C=O) groups excluding carboxylic acids is 2. The number of carbonyl (C=O) groups is 2. The molecule has 0 aliphatic carbocycles. The van der Waals surface area contributed by atoms with Crippen LogP contribution in [0, 0.1) is 0 Å². The van der Waals surface area contributed by atoms with Gasteiger partial charge < -0.3 is 19.1 Å². The van der Waals surface area contributed by atoms with Crippen LogP contribution >= 0.6 is 0 Å². The first kappa shape index (κ1) is 19.6. The van der Waals surface area contributed by atoms with Crippen molar-refractivity contribution in [2.24, 2.45) is 0 Å². The highest BCUT2D eigenvalue weighted by atomic mass is 19.3. The van der Waals surface area contributed by atoms with E-state index in [4.69, 9.17) is 9.47 Å². The van der Waals surface area contributed by atoms with E-state index in [0.717, 1.165) is 0 Å². The van der Waals surface area contributed by atoms with E-state index in [1.807, 2.05) is 0 Å². The standard InChI is InChI=1S/C20H19F2NO5/c1-12(24)14-8-7-13(26-2)11-18(14)27-17-9-10-23(19(17)25)15-5-3-4-6-16(15)28-20(21)22/h3-8,11,17,20H,9-10H2,1-2H3. The van der Waals surface area contributed by atoms with Crippen molar-refractivity contribution in [3.63, 3.8) is 0 Å². The number of anilines is 1. The van der Waals surface area contributed by atoms with Crippen LogP contribution in [0.1, 0.15) is 23.7 Å². The predicted octanol–water partition coefficient (Wildman–Crippen LogP) is 3.68. The quantitative estimate of drug-likeness (QED) is 0.674. The molecular weight excluding hydrogens is 372 g/mol. The first-order valence-electron chi connectivity index (χ1n) is 8.61. The van der Waals surface area contributed by atoms with Crippen LogP contribution in [0.2, 0.25) is 0 Å². The van der Waals surface area contributed by atoms with Crippen molar-refractivity contribution in [1.82, 2.24) is 0 Å². The second kappa shape index (κ2) is 8.24. The number of ketones is 1. The molecular formula is C20H19F2NO5. The van der Waals surface area contributed by atoms with Crippen molar-refractivity contribution in [1.29, 1.82) is 0 Å². The topological polar surface area (TPSA) is 65.1 Å². The summed E-state index contributed by atoms with van der Waals surface area (Å²) in [5, 5.41) is 0. The van der Waals surface area contributed by atoms with Crippen LogP contribution < -0.4 is 19.1 Å². The van der Waals surface area contributed by atoms with Crippen LogP contribution in [0.3, 0.4) is 0 Å². The Bertz CT molecular complexity index is 887. The van der Waals surface area contributed by atoms with Crippen LogP contribution in [0.15, 0.2) is 42.5 Å². The lowest BCUT2D eigenvalue weighted by Crippen LogP contribution is -2.32. The zero-order chi connectivity index (χ0) is 20.3. The number of rotatable bonds is 7. The fourth-order valence-electron chi connectivity index (χ4n) is 3.05. The SMILES string of the molecule is COc1ccc(C(C)=O)c(OC2CCN(c3ccccc3OC(F)F)C2=O)c1. The summed E-state index contributed by atoms with van der Waals surface area (Å²) in [6.07, 6.45) is -0.527. The Morgan fingerprint density at radius 2 is 1.93 bits per heavy atom. The Morgan fingerprint density at radius 3 is 2.61 bits per heavy atom. The monoisotopic (exact) mass is 391 g/mol. The molecule has 1 aliphatic heterocycles. The van der Waals surface area contributed by atoms with Crippen LogP contribution in [0.25, 0.3) is 0 Å². The summed E-state index contributed by atoms with van der Waals surface area (Å²) in [4.78, 5) is 26.0. The van der Waals surface area contributed by atoms with Gasteiger partial charge in [-0.15, -0.1) is 0 Å². The molecule has 0 spiro atoms. The van der Waals surface area contributed by atoms with Crippen molar-refractivity contribution < 1.29 is 32.6 Å². The third-order valence-corrected chi connectivity index (χ3v) is 4.37. The first-order valence-corrected chi connectivity index (χ1v) is 8.61. The molecule has 0 bridgehead atoms. The zero-order valence-electron chi connectivity index (χ0n) is 15.4. The molecule has 0 radical (unpaired) electrons. The third-order valence-electron chi connectivity index (χ3n) is 4.37. The lowest BCUT2D eigenvalue weighted by atomic mass is 10.1. The first-order chi connectivity index (χ1) is 13.4. The smallest absolute Gasteiger partial charge is 0.387 e. The molecule has 2 aromatic carbocycles. The number of benzene rings is 2. The second-order valence-electron chi connectivity index (χ2n) is 6.15. The zero-order valence-corrected chi connectivity index (χ0v) is 15.4. The van der Waals surface area contributed by atoms with Crippen molar-refractivity contribution in [3.8, 4) is 17.2 Å². The molecule has 8 heteroatoms. The molecule has 0 aromatic heterocycles. The molecule has 28 heavy (non-hydrogen) atoms. The van der Waals surface area contributed by atoms with Crippen molar-refractivity contribution in [2.45, 2.75) is 26.1 Å². The Kier molecular flexibility index (Phi) is 5.77. The Morgan fingerprint density at radius 1 is 1.18 bits per heavy atom. The number of para-hydroxylation sites is 2. The molecule has 148 valence electrons. The van der Waals surface area contributed by atoms with E-state index in [-0.39, 0.29) is 29.5 Å². The van der Waals surface area contributed by atoms with E-state index in [9.17, 15) is 18.4 Å². The Balaban J connectivity index is 1.84. The molecule has 3 rings (SSSR count). The lowest BCUT2D eigenvalue weighted by Gasteiger charge is -2.20. The van der Waals surface area contributed by atoms with Gasteiger partial charge in [-0.25, -0.2) is 0 Å². The van der Waals surface area contributed by atoms with E-state index >= 15 is 0 Å². The third kappa shape index (κ3) is 4.05. The van der Waals surface area contributed by atoms with Gasteiger partial charge in [-0.2, -0.15) is 8.78 Å². The number of hydrogen-bond donors (Lipinski definition) is 0. The van der Waals surface area contributed by atoms with Gasteiger partial charge in [-0.1, -0.05) is 12.1 Å². The molecule has 1 atom stereocenters. The number of alkyl halides is 2. The Labute approximate surface area is 160 Å². The summed E-state index contributed by atoms with van der Waals surface area (Å²) in [5.74, 6) is 0.0257. The van der Waals surface area contributed by atoms with Crippen LogP contribution in [0.4, 0.5) is 14.5 Å². The minimum atomic E-state index is -3.00. The summed E-state index contributed by atoms with van der Waals surface area (Å²) in [6, 6.07) is 10.8. The maximum Gasteiger partial charge on any atom is 0.387 e. The Hall–Kier alpha value is -3.16. The van der Waals surface area contributed by atoms with Crippen LogP contribution in [-0.4, -0.2) is 38.1 Å². The lowest BCUT2D eigenvalue weighted by molar-refractivity contribution is -0.123. The molecule has 1 amide bonds. The number of amides is 1. The van der Waals surface area contributed by atoms with E-state index in [1.165, 1.54) is 31.1 Å². The molecule has 1 aliphatic rings. The number of halogens is 2. The molecule has 0 N–H and O–H groups in total. The van der Waals surface area contributed by atoms with Crippen LogP contribution in [-0.2, 0) is 4.79 Å². The molecule has 1 saturated heterocycles. The summed E-state index contributed by atoms with van der Waals surface area (Å²) in [7, 11) is 1.48. The molecule has 1 fully saturated rings. The largest absolute Gasteiger partial charge is 0.497 e. The number of hydrogen-bond acceptors (Lipinski definition) is 5. The summed E-state index contributed by atoms with van der Waals surface area (Å²) >= 11 is 0. The van der Waals surface area contributed by atoms with Gasteiger partial charge in [0.15, 0.2) is 11.9 Å². The maximum absolute atomic E-state index is 12.8. The van der Waals surface area contributed by atoms with Gasteiger partial charge in [0.1, 0.15) is 17.2 Å². The minimum absolute atomic E-state index is 0.0858. The highest BCUT2D eigenvalue weighted by molar-refractivity contribution is 6.01.